The standard InChI is InChI=1S/C48H51O15P3/c49-45-44(37-60-64(51,54-31-38-19-7-1-8-20-38)55-32-39-21-9-2-10-22-39)61-48(50)47(63-66(53,58-35-42-27-15-5-16-28-42)59-36-43-29-17-6-18-30-43)46(45)62-65(52,56-33-40-23-11-3-12-24-40)57-34-41-25-13-4-14-26-41/h1-30,44-50H,31-37H2/t44-,45-,46+,47-,48?/m1/s1. The van der Waals surface area contributed by atoms with E-state index in [-0.39, 0.29) is 39.6 Å². The van der Waals surface area contributed by atoms with Gasteiger partial charge in [-0.2, -0.15) is 0 Å². The van der Waals surface area contributed by atoms with Gasteiger partial charge < -0.3 is 14.9 Å². The number of hydrogen-bond acceptors (Lipinski definition) is 15. The number of benzene rings is 6. The molecule has 6 aromatic carbocycles. The van der Waals surface area contributed by atoms with Crippen LogP contribution in [0.4, 0.5) is 0 Å². The zero-order chi connectivity index (χ0) is 46.1. The first-order valence-electron chi connectivity index (χ1n) is 21.0. The van der Waals surface area contributed by atoms with Crippen molar-refractivity contribution >= 4 is 23.5 Å². The van der Waals surface area contributed by atoms with Crippen LogP contribution in [0.1, 0.15) is 33.4 Å². The summed E-state index contributed by atoms with van der Waals surface area (Å²) >= 11 is 0. The topological polar surface area (TPSA) is 184 Å². The molecule has 1 heterocycles. The van der Waals surface area contributed by atoms with Crippen molar-refractivity contribution < 1.29 is 69.4 Å². The van der Waals surface area contributed by atoms with Gasteiger partial charge in [-0.05, 0) is 33.4 Å². The summed E-state index contributed by atoms with van der Waals surface area (Å²) in [5.74, 6) is 0. The minimum Gasteiger partial charge on any atom is -0.387 e. The summed E-state index contributed by atoms with van der Waals surface area (Å²) in [6.07, 6.45) is -9.58. The first kappa shape index (κ1) is 49.4. The first-order valence-corrected chi connectivity index (χ1v) is 25.4. The fourth-order valence-electron chi connectivity index (χ4n) is 6.42. The molecule has 18 heteroatoms. The van der Waals surface area contributed by atoms with Gasteiger partial charge in [0.25, 0.3) is 0 Å². The van der Waals surface area contributed by atoms with Crippen LogP contribution in [0.3, 0.4) is 0 Å². The molecular weight excluding hydrogens is 909 g/mol. The molecule has 15 nitrogen and oxygen atoms in total. The Hall–Kier alpha value is -4.47. The van der Waals surface area contributed by atoms with Crippen molar-refractivity contribution in [3.05, 3.63) is 215 Å². The van der Waals surface area contributed by atoms with Crippen LogP contribution in [0.2, 0.25) is 0 Å². The molecule has 1 aliphatic rings. The van der Waals surface area contributed by atoms with Crippen LogP contribution in [0, 0.1) is 0 Å². The van der Waals surface area contributed by atoms with Crippen molar-refractivity contribution in [2.75, 3.05) is 6.61 Å². The highest BCUT2D eigenvalue weighted by Gasteiger charge is 2.53. The second kappa shape index (κ2) is 24.5. The lowest BCUT2D eigenvalue weighted by atomic mass is 9.99. The molecule has 1 aliphatic heterocycles. The predicted molar refractivity (Wildman–Crippen MR) is 243 cm³/mol. The summed E-state index contributed by atoms with van der Waals surface area (Å²) in [5.41, 5.74) is 3.75. The number of aliphatic hydroxyl groups is 2. The lowest BCUT2D eigenvalue weighted by Gasteiger charge is -2.43. The molecule has 0 amide bonds. The summed E-state index contributed by atoms with van der Waals surface area (Å²) in [5, 5.41) is 24.0. The van der Waals surface area contributed by atoms with E-state index in [0.29, 0.717) is 33.4 Å². The number of phosphoric acid groups is 3. The van der Waals surface area contributed by atoms with Gasteiger partial charge in [0.05, 0.1) is 46.2 Å². The van der Waals surface area contributed by atoms with Gasteiger partial charge >= 0.3 is 23.5 Å². The second-order valence-electron chi connectivity index (χ2n) is 14.9. The van der Waals surface area contributed by atoms with Crippen LogP contribution in [-0.2, 0) is 98.8 Å². The van der Waals surface area contributed by atoms with Crippen molar-refractivity contribution in [2.24, 2.45) is 0 Å². The third-order valence-corrected chi connectivity index (χ3v) is 14.1. The molecule has 0 aromatic heterocycles. The van der Waals surface area contributed by atoms with E-state index in [9.17, 15) is 23.9 Å². The quantitative estimate of drug-likeness (QED) is 0.0516. The van der Waals surface area contributed by atoms with E-state index in [1.54, 1.807) is 170 Å². The fourth-order valence-corrected chi connectivity index (χ4v) is 10.3. The largest absolute Gasteiger partial charge is 0.475 e. The van der Waals surface area contributed by atoms with Gasteiger partial charge in [-0.15, -0.1) is 0 Å². The predicted octanol–water partition coefficient (Wildman–Crippen LogP) is 10.5. The average molecular weight is 961 g/mol. The molecule has 348 valence electrons. The SMILES string of the molecule is O=P(OCc1ccccc1)(OCc1ccccc1)OC[C@H]1OC(O)[C@H](OP(=O)(OCc2ccccc2)OCc2ccccc2)[C@@H](OP(=O)(OCc2ccccc2)OCc2ccccc2)[C@@H]1O. The monoisotopic (exact) mass is 960 g/mol. The van der Waals surface area contributed by atoms with Gasteiger partial charge in [0.15, 0.2) is 6.29 Å². The minimum absolute atomic E-state index is 0.173. The molecule has 66 heavy (non-hydrogen) atoms. The molecule has 5 atom stereocenters. The zero-order valence-electron chi connectivity index (χ0n) is 35.7. The van der Waals surface area contributed by atoms with Gasteiger partial charge in [0, 0.05) is 0 Å². The number of ether oxygens (including phenoxy) is 1. The molecule has 0 saturated carbocycles. The third-order valence-electron chi connectivity index (χ3n) is 9.93. The normalized spacial score (nSPS) is 19.1. The van der Waals surface area contributed by atoms with Gasteiger partial charge in [-0.3, -0.25) is 40.7 Å². The molecule has 0 bridgehead atoms. The van der Waals surface area contributed by atoms with E-state index in [0.717, 1.165) is 0 Å². The van der Waals surface area contributed by atoms with Gasteiger partial charge in [0.1, 0.15) is 24.4 Å². The van der Waals surface area contributed by atoms with Crippen LogP contribution in [0.15, 0.2) is 182 Å². The Morgan fingerprint density at radius 1 is 0.364 bits per heavy atom. The van der Waals surface area contributed by atoms with Crippen molar-refractivity contribution in [2.45, 2.75) is 70.3 Å². The molecule has 1 fully saturated rings. The highest BCUT2D eigenvalue weighted by Crippen LogP contribution is 2.58. The Morgan fingerprint density at radius 2 is 0.621 bits per heavy atom. The maximum atomic E-state index is 14.9. The van der Waals surface area contributed by atoms with E-state index in [4.69, 9.17) is 45.5 Å². The smallest absolute Gasteiger partial charge is 0.387 e. The van der Waals surface area contributed by atoms with Crippen LogP contribution < -0.4 is 0 Å². The van der Waals surface area contributed by atoms with E-state index in [1.165, 1.54) is 0 Å². The Morgan fingerprint density at radius 3 is 0.909 bits per heavy atom. The van der Waals surface area contributed by atoms with E-state index in [2.05, 4.69) is 0 Å². The van der Waals surface area contributed by atoms with E-state index in [1.807, 2.05) is 12.1 Å². The van der Waals surface area contributed by atoms with Crippen molar-refractivity contribution in [1.82, 2.24) is 0 Å². The maximum absolute atomic E-state index is 14.9. The molecule has 0 spiro atoms. The number of rotatable bonds is 25. The van der Waals surface area contributed by atoms with Crippen molar-refractivity contribution in [1.29, 1.82) is 0 Å². The second-order valence-corrected chi connectivity index (χ2v) is 19.8. The molecule has 6 aromatic rings. The summed E-state index contributed by atoms with van der Waals surface area (Å²) < 4.78 is 103. The number of hydrogen-bond donors (Lipinski definition) is 2. The van der Waals surface area contributed by atoms with Gasteiger partial charge in [-0.1, -0.05) is 182 Å². The molecule has 1 saturated heterocycles. The third kappa shape index (κ3) is 15.3. The Kier molecular flexibility index (Phi) is 18.4. The minimum atomic E-state index is -4.80. The van der Waals surface area contributed by atoms with Crippen molar-refractivity contribution in [3.63, 3.8) is 0 Å². The Bertz CT molecular complexity index is 2330. The maximum Gasteiger partial charge on any atom is 0.475 e. The number of aliphatic hydroxyl groups excluding tert-OH is 2. The van der Waals surface area contributed by atoms with E-state index >= 15 is 0 Å². The van der Waals surface area contributed by atoms with Crippen LogP contribution in [0.25, 0.3) is 0 Å². The zero-order valence-corrected chi connectivity index (χ0v) is 38.4. The molecular formula is C48H51O15P3. The van der Waals surface area contributed by atoms with Crippen LogP contribution in [0.5, 0.6) is 0 Å². The first-order chi connectivity index (χ1) is 32.1. The average Bonchev–Trinajstić information content (AvgIpc) is 3.36. The fraction of sp³-hybridized carbons (Fsp3) is 0.250. The molecule has 1 unspecified atom stereocenters. The highest BCUT2D eigenvalue weighted by molar-refractivity contribution is 7.49. The lowest BCUT2D eigenvalue weighted by Crippen LogP contribution is -2.60. The molecule has 2 N–H and O–H groups in total. The van der Waals surface area contributed by atoms with Gasteiger partial charge in [0.2, 0.25) is 0 Å². The number of phosphoric ester groups is 3. The summed E-state index contributed by atoms with van der Waals surface area (Å²) in [6.45, 7) is -2.15. The lowest BCUT2D eigenvalue weighted by molar-refractivity contribution is -0.280. The van der Waals surface area contributed by atoms with Crippen LogP contribution in [-0.4, -0.2) is 47.5 Å². The summed E-state index contributed by atoms with van der Waals surface area (Å²) in [4.78, 5) is 0. The van der Waals surface area contributed by atoms with Gasteiger partial charge in [-0.25, -0.2) is 13.7 Å². The molecule has 0 aliphatic carbocycles. The Labute approximate surface area is 383 Å². The van der Waals surface area contributed by atoms with E-state index < -0.39 is 60.8 Å². The van der Waals surface area contributed by atoms with Crippen molar-refractivity contribution in [3.8, 4) is 0 Å². The summed E-state index contributed by atoms with van der Waals surface area (Å²) in [6, 6.07) is 52.9. The Balaban J connectivity index is 1.18. The summed E-state index contributed by atoms with van der Waals surface area (Å²) in [7, 11) is -14.0. The molecule has 0 radical (unpaired) electrons. The highest BCUT2D eigenvalue weighted by atomic mass is 31.2. The van der Waals surface area contributed by atoms with Crippen LogP contribution >= 0.6 is 23.5 Å². The molecule has 7 rings (SSSR count).